The van der Waals surface area contributed by atoms with E-state index in [1.807, 2.05) is 6.92 Å². The lowest BCUT2D eigenvalue weighted by atomic mass is 10.2. The average molecular weight is 436 g/mol. The van der Waals surface area contributed by atoms with Crippen molar-refractivity contribution in [1.82, 2.24) is 30.0 Å². The normalized spacial score (nSPS) is 11.0. The van der Waals surface area contributed by atoms with Crippen LogP contribution in [0.5, 0.6) is 0 Å². The van der Waals surface area contributed by atoms with Gasteiger partial charge >= 0.3 is 0 Å². The van der Waals surface area contributed by atoms with Gasteiger partial charge < -0.3 is 15.4 Å². The zero-order chi connectivity index (χ0) is 20.6. The number of hydrogen-bond acceptors (Lipinski definition) is 8. The lowest BCUT2D eigenvalue weighted by molar-refractivity contribution is 0.0952. The Morgan fingerprint density at radius 1 is 1.34 bits per heavy atom. The third-order valence-corrected chi connectivity index (χ3v) is 4.99. The molecule has 154 valence electrons. The number of methoxy groups -OCH3 is 1. The van der Waals surface area contributed by atoms with Crippen molar-refractivity contribution in [2.24, 2.45) is 0 Å². The van der Waals surface area contributed by atoms with Crippen LogP contribution >= 0.6 is 23.4 Å². The maximum absolute atomic E-state index is 12.3. The minimum absolute atomic E-state index is 0.176. The topological polar surface area (TPSA) is 107 Å². The highest BCUT2D eigenvalue weighted by Crippen LogP contribution is 2.24. The summed E-state index contributed by atoms with van der Waals surface area (Å²) in [7, 11) is 1.65. The van der Waals surface area contributed by atoms with Crippen molar-refractivity contribution in [3.05, 3.63) is 35.2 Å². The second-order valence-electron chi connectivity index (χ2n) is 5.91. The second kappa shape index (κ2) is 10.4. The van der Waals surface area contributed by atoms with E-state index in [4.69, 9.17) is 16.3 Å². The number of pyridine rings is 1. The molecule has 1 amide bonds. The van der Waals surface area contributed by atoms with E-state index in [2.05, 4.69) is 30.7 Å². The van der Waals surface area contributed by atoms with E-state index in [1.54, 1.807) is 48.1 Å². The first-order valence-corrected chi connectivity index (χ1v) is 10.5. The van der Waals surface area contributed by atoms with Gasteiger partial charge in [-0.3, -0.25) is 4.79 Å². The summed E-state index contributed by atoms with van der Waals surface area (Å²) in [6.07, 6.45) is 3.27. The molecule has 2 N–H and O–H groups in total. The van der Waals surface area contributed by atoms with Gasteiger partial charge in [0, 0.05) is 26.4 Å². The zero-order valence-corrected chi connectivity index (χ0v) is 17.8. The van der Waals surface area contributed by atoms with Gasteiger partial charge in [0.05, 0.1) is 30.3 Å². The first-order chi connectivity index (χ1) is 14.1. The van der Waals surface area contributed by atoms with Gasteiger partial charge in [-0.05, 0) is 17.9 Å². The van der Waals surface area contributed by atoms with Gasteiger partial charge in [-0.25, -0.2) is 19.6 Å². The van der Waals surface area contributed by atoms with Crippen LogP contribution in [0.4, 0.5) is 5.82 Å². The van der Waals surface area contributed by atoms with Crippen molar-refractivity contribution >= 4 is 46.1 Å². The number of nitrogens with one attached hydrogen (secondary N) is 2. The van der Waals surface area contributed by atoms with Crippen molar-refractivity contribution in [2.75, 3.05) is 37.9 Å². The highest BCUT2D eigenvalue weighted by Gasteiger charge is 2.14. The summed E-state index contributed by atoms with van der Waals surface area (Å²) in [5.41, 5.74) is 1.05. The molecule has 0 saturated heterocycles. The SMILES string of the molecule is CCSc1nc(NCCOC)c2cnn(CCNC(=O)c3cccnc3Cl)c2n1. The fourth-order valence-electron chi connectivity index (χ4n) is 2.62. The number of aromatic nitrogens is 5. The Morgan fingerprint density at radius 2 is 2.21 bits per heavy atom. The number of nitrogens with zero attached hydrogens (tertiary/aromatic N) is 5. The predicted molar refractivity (Wildman–Crippen MR) is 114 cm³/mol. The number of amides is 1. The maximum Gasteiger partial charge on any atom is 0.254 e. The van der Waals surface area contributed by atoms with Crippen LogP contribution in [0.3, 0.4) is 0 Å². The Hall–Kier alpha value is -2.43. The van der Waals surface area contributed by atoms with Crippen LogP contribution in [0.25, 0.3) is 11.0 Å². The average Bonchev–Trinajstić information content (AvgIpc) is 3.12. The van der Waals surface area contributed by atoms with E-state index in [9.17, 15) is 4.79 Å². The van der Waals surface area contributed by atoms with Crippen LogP contribution in [-0.2, 0) is 11.3 Å². The van der Waals surface area contributed by atoms with Crippen molar-refractivity contribution in [3.8, 4) is 0 Å². The van der Waals surface area contributed by atoms with E-state index < -0.39 is 0 Å². The fraction of sp³-hybridized carbons (Fsp3) is 0.389. The van der Waals surface area contributed by atoms with E-state index in [1.165, 1.54) is 0 Å². The number of ether oxygens (including phenoxy) is 1. The molecule has 0 aromatic carbocycles. The highest BCUT2D eigenvalue weighted by molar-refractivity contribution is 7.99. The van der Waals surface area contributed by atoms with Crippen LogP contribution in [0, 0.1) is 0 Å². The summed E-state index contributed by atoms with van der Waals surface area (Å²) < 4.78 is 6.85. The smallest absolute Gasteiger partial charge is 0.254 e. The van der Waals surface area contributed by atoms with E-state index in [0.717, 1.165) is 17.0 Å². The number of hydrogen-bond donors (Lipinski definition) is 2. The van der Waals surface area contributed by atoms with Crippen molar-refractivity contribution in [2.45, 2.75) is 18.6 Å². The zero-order valence-electron chi connectivity index (χ0n) is 16.2. The Balaban J connectivity index is 1.73. The lowest BCUT2D eigenvalue weighted by Crippen LogP contribution is -2.28. The molecule has 3 aromatic rings. The molecule has 3 heterocycles. The summed E-state index contributed by atoms with van der Waals surface area (Å²) in [6.45, 7) is 4.07. The van der Waals surface area contributed by atoms with Crippen molar-refractivity contribution in [1.29, 1.82) is 0 Å². The van der Waals surface area contributed by atoms with Crippen molar-refractivity contribution < 1.29 is 9.53 Å². The monoisotopic (exact) mass is 435 g/mol. The van der Waals surface area contributed by atoms with Crippen molar-refractivity contribution in [3.63, 3.8) is 0 Å². The molecule has 11 heteroatoms. The second-order valence-corrected chi connectivity index (χ2v) is 7.50. The minimum atomic E-state index is -0.279. The van der Waals surface area contributed by atoms with Crippen LogP contribution in [0.2, 0.25) is 5.15 Å². The molecule has 29 heavy (non-hydrogen) atoms. The van der Waals surface area contributed by atoms with E-state index >= 15 is 0 Å². The van der Waals surface area contributed by atoms with Gasteiger partial charge in [0.1, 0.15) is 11.0 Å². The highest BCUT2D eigenvalue weighted by atomic mass is 35.5. The Morgan fingerprint density at radius 3 is 2.97 bits per heavy atom. The molecule has 0 fully saturated rings. The molecule has 0 bridgehead atoms. The first kappa shape index (κ1) is 21.3. The Labute approximate surface area is 177 Å². The molecule has 0 unspecified atom stereocenters. The van der Waals surface area contributed by atoms with Crippen LogP contribution < -0.4 is 10.6 Å². The molecule has 0 aliphatic carbocycles. The number of carbonyl (C=O) groups is 1. The molecular formula is C18H22ClN7O2S. The molecule has 0 aliphatic rings. The molecular weight excluding hydrogens is 414 g/mol. The Bertz CT molecular complexity index is 982. The lowest BCUT2D eigenvalue weighted by Gasteiger charge is -2.09. The van der Waals surface area contributed by atoms with Crippen LogP contribution in [0.1, 0.15) is 17.3 Å². The molecule has 0 atom stereocenters. The van der Waals surface area contributed by atoms with E-state index in [0.29, 0.717) is 42.6 Å². The third-order valence-electron chi connectivity index (χ3n) is 3.96. The summed E-state index contributed by atoms with van der Waals surface area (Å²) in [5.74, 6) is 1.30. The number of rotatable bonds is 10. The number of fused-ring (bicyclic) bond motifs is 1. The van der Waals surface area contributed by atoms with Gasteiger partial charge in [0.25, 0.3) is 5.91 Å². The van der Waals surface area contributed by atoms with Gasteiger partial charge in [0.2, 0.25) is 0 Å². The van der Waals surface area contributed by atoms with Gasteiger partial charge in [-0.15, -0.1) is 0 Å². The predicted octanol–water partition coefficient (Wildman–Crippen LogP) is 2.48. The number of thioether (sulfide) groups is 1. The van der Waals surface area contributed by atoms with Gasteiger partial charge in [-0.2, -0.15) is 5.10 Å². The summed E-state index contributed by atoms with van der Waals surface area (Å²) in [6, 6.07) is 3.30. The molecule has 0 saturated carbocycles. The molecule has 0 aliphatic heterocycles. The standard InChI is InChI=1S/C18H22ClN7O2S/c1-3-29-18-24-15(21-8-10-28-2)13-11-23-26(16(13)25-18)9-7-22-17(27)12-5-4-6-20-14(12)19/h4-6,11H,3,7-10H2,1-2H3,(H,22,27)(H,21,24,25). The maximum atomic E-state index is 12.3. The molecule has 3 rings (SSSR count). The largest absolute Gasteiger partial charge is 0.383 e. The fourth-order valence-corrected chi connectivity index (χ4v) is 3.40. The quantitative estimate of drug-likeness (QED) is 0.216. The third kappa shape index (κ3) is 5.34. The summed E-state index contributed by atoms with van der Waals surface area (Å²) in [4.78, 5) is 25.4. The number of halogens is 1. The minimum Gasteiger partial charge on any atom is -0.383 e. The number of carbonyl (C=O) groups excluding carboxylic acids is 1. The summed E-state index contributed by atoms with van der Waals surface area (Å²) in [5, 5.41) is 12.2. The molecule has 0 radical (unpaired) electrons. The van der Waals surface area contributed by atoms with Gasteiger partial charge in [0.15, 0.2) is 10.8 Å². The number of anilines is 1. The van der Waals surface area contributed by atoms with Crippen LogP contribution in [-0.4, -0.2) is 63.2 Å². The summed E-state index contributed by atoms with van der Waals surface area (Å²) >= 11 is 7.53. The van der Waals surface area contributed by atoms with Crippen LogP contribution in [0.15, 0.2) is 29.7 Å². The van der Waals surface area contributed by atoms with E-state index in [-0.39, 0.29) is 11.1 Å². The molecule has 0 spiro atoms. The molecule has 3 aromatic heterocycles. The van der Waals surface area contributed by atoms with Gasteiger partial charge in [-0.1, -0.05) is 30.3 Å². The first-order valence-electron chi connectivity index (χ1n) is 9.12. The molecule has 9 nitrogen and oxygen atoms in total. The Kier molecular flexibility index (Phi) is 7.62.